The Labute approximate surface area is 181 Å². The predicted molar refractivity (Wildman–Crippen MR) is 118 cm³/mol. The van der Waals surface area contributed by atoms with Crippen molar-refractivity contribution < 1.29 is 17.6 Å². The van der Waals surface area contributed by atoms with Gasteiger partial charge in [-0.15, -0.1) is 11.8 Å². The molecule has 1 heterocycles. The average Bonchev–Trinajstić information content (AvgIpc) is 2.78. The molecule has 0 N–H and O–H groups in total. The van der Waals surface area contributed by atoms with Crippen LogP contribution in [-0.2, 0) is 6.18 Å². The highest BCUT2D eigenvalue weighted by Gasteiger charge is 2.30. The van der Waals surface area contributed by atoms with Crippen LogP contribution in [0, 0.1) is 0 Å². The second kappa shape index (κ2) is 8.47. The van der Waals surface area contributed by atoms with Gasteiger partial charge in [0.25, 0.3) is 0 Å². The third-order valence-corrected chi connectivity index (χ3v) is 5.66. The van der Waals surface area contributed by atoms with Crippen molar-refractivity contribution in [2.45, 2.75) is 11.1 Å². The molecule has 0 saturated carbocycles. The summed E-state index contributed by atoms with van der Waals surface area (Å²) in [6.45, 7) is 0. The SMILES string of the molecule is CSc1ccc(-c2cc(-c3ccc(C(F)(F)F)cc3)oc(=O)c2-c2ccccc2)cc1. The fourth-order valence-corrected chi connectivity index (χ4v) is 3.74. The largest absolute Gasteiger partial charge is 0.422 e. The lowest BCUT2D eigenvalue weighted by Gasteiger charge is -2.12. The van der Waals surface area contributed by atoms with E-state index in [1.807, 2.05) is 60.9 Å². The molecule has 1 aromatic heterocycles. The van der Waals surface area contributed by atoms with Gasteiger partial charge in [-0.05, 0) is 47.7 Å². The Morgan fingerprint density at radius 1 is 0.774 bits per heavy atom. The summed E-state index contributed by atoms with van der Waals surface area (Å²) in [5.74, 6) is 0.211. The topological polar surface area (TPSA) is 30.2 Å². The summed E-state index contributed by atoms with van der Waals surface area (Å²) < 4.78 is 44.2. The van der Waals surface area contributed by atoms with Crippen molar-refractivity contribution in [2.75, 3.05) is 6.26 Å². The number of hydrogen-bond acceptors (Lipinski definition) is 3. The van der Waals surface area contributed by atoms with Crippen molar-refractivity contribution in [1.29, 1.82) is 0 Å². The third kappa shape index (κ3) is 4.44. The van der Waals surface area contributed by atoms with Gasteiger partial charge in [0.15, 0.2) is 0 Å². The minimum absolute atomic E-state index is 0.211. The van der Waals surface area contributed by atoms with Crippen LogP contribution < -0.4 is 5.63 Å². The van der Waals surface area contributed by atoms with Crippen LogP contribution >= 0.6 is 11.8 Å². The summed E-state index contributed by atoms with van der Waals surface area (Å²) in [6.07, 6.45) is -2.45. The molecular weight excluding hydrogens is 421 g/mol. The van der Waals surface area contributed by atoms with Crippen molar-refractivity contribution in [3.05, 3.63) is 101 Å². The second-order valence-electron chi connectivity index (χ2n) is 6.86. The quantitative estimate of drug-likeness (QED) is 0.311. The molecule has 0 unspecified atom stereocenters. The monoisotopic (exact) mass is 438 g/mol. The number of alkyl halides is 3. The number of benzene rings is 3. The molecule has 156 valence electrons. The normalized spacial score (nSPS) is 11.5. The molecule has 0 radical (unpaired) electrons. The van der Waals surface area contributed by atoms with Crippen LogP contribution in [0.3, 0.4) is 0 Å². The summed E-state index contributed by atoms with van der Waals surface area (Å²) in [5.41, 5.74) is 1.68. The highest BCUT2D eigenvalue weighted by atomic mass is 32.2. The van der Waals surface area contributed by atoms with Crippen LogP contribution in [0.5, 0.6) is 0 Å². The van der Waals surface area contributed by atoms with Gasteiger partial charge >= 0.3 is 11.8 Å². The van der Waals surface area contributed by atoms with Crippen LogP contribution in [0.1, 0.15) is 5.56 Å². The number of halogens is 3. The summed E-state index contributed by atoms with van der Waals surface area (Å²) in [7, 11) is 0. The zero-order valence-corrected chi connectivity index (χ0v) is 17.3. The molecule has 0 atom stereocenters. The van der Waals surface area contributed by atoms with Gasteiger partial charge in [0.05, 0.1) is 11.1 Å². The Kier molecular flexibility index (Phi) is 5.74. The van der Waals surface area contributed by atoms with Crippen molar-refractivity contribution >= 4 is 11.8 Å². The van der Waals surface area contributed by atoms with Crippen molar-refractivity contribution in [3.8, 4) is 33.6 Å². The number of thioether (sulfide) groups is 1. The maximum Gasteiger partial charge on any atom is 0.416 e. The molecule has 0 spiro atoms. The van der Waals surface area contributed by atoms with Crippen LogP contribution in [-0.4, -0.2) is 6.26 Å². The van der Waals surface area contributed by atoms with Crippen LogP contribution in [0.2, 0.25) is 0 Å². The molecular formula is C25H17F3O2S. The molecule has 6 heteroatoms. The van der Waals surface area contributed by atoms with Gasteiger partial charge < -0.3 is 4.42 Å². The van der Waals surface area contributed by atoms with E-state index in [2.05, 4.69) is 0 Å². The molecule has 4 rings (SSSR count). The average molecular weight is 438 g/mol. The first-order chi connectivity index (χ1) is 14.9. The molecule has 0 aliphatic heterocycles. The van der Waals surface area contributed by atoms with Gasteiger partial charge in [0.1, 0.15) is 5.76 Å². The van der Waals surface area contributed by atoms with Gasteiger partial charge in [-0.3, -0.25) is 0 Å². The standard InChI is InChI=1S/C25H17F3O2S/c1-31-20-13-9-16(10-14-20)21-15-22(17-7-11-19(12-8-17)25(26,27)28)30-24(29)23(21)18-5-3-2-4-6-18/h2-15H,1H3. The summed E-state index contributed by atoms with van der Waals surface area (Å²) in [4.78, 5) is 14.1. The Bertz CT molecular complexity index is 1240. The lowest BCUT2D eigenvalue weighted by molar-refractivity contribution is -0.137. The van der Waals surface area contributed by atoms with Crippen LogP contribution in [0.4, 0.5) is 13.2 Å². The maximum absolute atomic E-state index is 13.0. The summed E-state index contributed by atoms with van der Waals surface area (Å²) in [6, 6.07) is 23.2. The molecule has 31 heavy (non-hydrogen) atoms. The molecule has 0 aliphatic rings. The molecule has 3 aromatic carbocycles. The number of hydrogen-bond donors (Lipinski definition) is 0. The first-order valence-electron chi connectivity index (χ1n) is 9.42. The molecule has 4 aromatic rings. The van der Waals surface area contributed by atoms with E-state index in [0.717, 1.165) is 22.6 Å². The lowest BCUT2D eigenvalue weighted by Crippen LogP contribution is -2.07. The predicted octanol–water partition coefficient (Wildman–Crippen LogP) is 7.38. The van der Waals surface area contributed by atoms with Gasteiger partial charge in [0, 0.05) is 16.0 Å². The molecule has 0 amide bonds. The van der Waals surface area contributed by atoms with E-state index in [-0.39, 0.29) is 5.76 Å². The van der Waals surface area contributed by atoms with Gasteiger partial charge in [-0.1, -0.05) is 54.6 Å². The Morgan fingerprint density at radius 2 is 1.39 bits per heavy atom. The molecule has 0 saturated heterocycles. The Hall–Kier alpha value is -3.25. The summed E-state index contributed by atoms with van der Waals surface area (Å²) >= 11 is 1.61. The minimum atomic E-state index is -4.43. The lowest BCUT2D eigenvalue weighted by atomic mass is 9.95. The number of rotatable bonds is 4. The highest BCUT2D eigenvalue weighted by molar-refractivity contribution is 7.98. The summed E-state index contributed by atoms with van der Waals surface area (Å²) in [5, 5.41) is 0. The molecule has 0 aliphatic carbocycles. The Balaban J connectivity index is 1.89. The second-order valence-corrected chi connectivity index (χ2v) is 7.74. The van der Waals surface area contributed by atoms with E-state index in [1.165, 1.54) is 12.1 Å². The zero-order chi connectivity index (χ0) is 22.0. The van der Waals surface area contributed by atoms with Crippen molar-refractivity contribution in [1.82, 2.24) is 0 Å². The van der Waals surface area contributed by atoms with Crippen LogP contribution in [0.25, 0.3) is 33.6 Å². The maximum atomic E-state index is 13.0. The van der Waals surface area contributed by atoms with Gasteiger partial charge in [0.2, 0.25) is 0 Å². The molecule has 0 bridgehead atoms. The fourth-order valence-electron chi connectivity index (χ4n) is 3.34. The molecule has 0 fully saturated rings. The van der Waals surface area contributed by atoms with E-state index in [0.29, 0.717) is 22.3 Å². The van der Waals surface area contributed by atoms with Gasteiger partial charge in [-0.25, -0.2) is 4.79 Å². The van der Waals surface area contributed by atoms with E-state index in [9.17, 15) is 18.0 Å². The van der Waals surface area contributed by atoms with Crippen molar-refractivity contribution in [3.63, 3.8) is 0 Å². The first-order valence-corrected chi connectivity index (χ1v) is 10.6. The minimum Gasteiger partial charge on any atom is -0.422 e. The smallest absolute Gasteiger partial charge is 0.416 e. The van der Waals surface area contributed by atoms with Gasteiger partial charge in [-0.2, -0.15) is 13.2 Å². The van der Waals surface area contributed by atoms with E-state index in [1.54, 1.807) is 17.8 Å². The third-order valence-electron chi connectivity index (χ3n) is 4.91. The van der Waals surface area contributed by atoms with Crippen molar-refractivity contribution in [2.24, 2.45) is 0 Å². The zero-order valence-electron chi connectivity index (χ0n) is 16.4. The fraction of sp³-hybridized carbons (Fsp3) is 0.0800. The van der Waals surface area contributed by atoms with E-state index >= 15 is 0 Å². The van der Waals surface area contributed by atoms with E-state index < -0.39 is 17.4 Å². The highest BCUT2D eigenvalue weighted by Crippen LogP contribution is 2.35. The Morgan fingerprint density at radius 3 is 1.97 bits per heavy atom. The van der Waals surface area contributed by atoms with Crippen LogP contribution in [0.15, 0.2) is 99.0 Å². The molecule has 2 nitrogen and oxygen atoms in total. The van der Waals surface area contributed by atoms with E-state index in [4.69, 9.17) is 4.42 Å². The first kappa shape index (κ1) is 21.0.